The Morgan fingerprint density at radius 2 is 1.14 bits per heavy atom. The van der Waals surface area contributed by atoms with E-state index >= 15 is 0 Å². The van der Waals surface area contributed by atoms with Crippen LogP contribution in [0, 0.1) is 0 Å². The fraction of sp³-hybridized carbons (Fsp3) is 0.0256. The van der Waals surface area contributed by atoms with Gasteiger partial charge in [-0.2, -0.15) is 0 Å². The highest BCUT2D eigenvalue weighted by atomic mass is 15.3. The number of nitrogens with zero attached hydrogens (tertiary/aromatic N) is 4. The van der Waals surface area contributed by atoms with Gasteiger partial charge in [0.2, 0.25) is 6.29 Å². The molecular weight excluding hydrogens is 538 g/mol. The summed E-state index contributed by atoms with van der Waals surface area (Å²) in [5.74, 6) is 0.887. The molecule has 1 N–H and O–H groups in total. The number of aliphatic imine (C=N–C) groups is 1. The third kappa shape index (κ3) is 3.73. The van der Waals surface area contributed by atoms with Gasteiger partial charge in [0.25, 0.3) is 0 Å². The maximum absolute atomic E-state index is 5.40. The van der Waals surface area contributed by atoms with Crippen molar-refractivity contribution in [3.8, 4) is 5.82 Å². The maximum Gasteiger partial charge on any atom is 0.201 e. The highest BCUT2D eigenvalue weighted by Gasteiger charge is 2.26. The van der Waals surface area contributed by atoms with Gasteiger partial charge in [-0.1, -0.05) is 115 Å². The predicted octanol–water partition coefficient (Wildman–Crippen LogP) is 8.88. The lowest BCUT2D eigenvalue weighted by Crippen LogP contribution is -2.29. The van der Waals surface area contributed by atoms with Crippen LogP contribution in [0.1, 0.15) is 17.4 Å². The van der Waals surface area contributed by atoms with E-state index in [1.54, 1.807) is 0 Å². The van der Waals surface area contributed by atoms with Gasteiger partial charge in [-0.15, -0.1) is 0 Å². The molecule has 1 aliphatic heterocycles. The molecule has 208 valence electrons. The minimum Gasteiger partial charge on any atom is -0.346 e. The lowest BCUT2D eigenvalue weighted by molar-refractivity contribution is 0.509. The Kier molecular flexibility index (Phi) is 5.50. The van der Waals surface area contributed by atoms with Crippen molar-refractivity contribution in [2.75, 3.05) is 0 Å². The average Bonchev–Trinajstić information content (AvgIpc) is 3.62. The monoisotopic (exact) mass is 565 g/mol. The molecule has 4 heterocycles. The average molecular weight is 566 g/mol. The molecule has 8 aromatic rings. The summed E-state index contributed by atoms with van der Waals surface area (Å²) in [5.41, 5.74) is 8.66. The van der Waals surface area contributed by atoms with Crippen molar-refractivity contribution in [2.45, 2.75) is 6.29 Å². The summed E-state index contributed by atoms with van der Waals surface area (Å²) in [6.07, 6.45) is 3.63. The van der Waals surface area contributed by atoms with E-state index in [1.807, 2.05) is 18.3 Å². The van der Waals surface area contributed by atoms with Crippen molar-refractivity contribution in [3.63, 3.8) is 0 Å². The van der Waals surface area contributed by atoms with Crippen molar-refractivity contribution in [2.24, 2.45) is 4.99 Å². The molecule has 0 fully saturated rings. The molecule has 1 unspecified atom stereocenters. The largest absolute Gasteiger partial charge is 0.346 e. The van der Waals surface area contributed by atoms with Crippen molar-refractivity contribution >= 4 is 55.0 Å². The third-order valence-corrected chi connectivity index (χ3v) is 8.61. The number of nitrogens with one attached hydrogen (secondary N) is 1. The lowest BCUT2D eigenvalue weighted by atomic mass is 10.0. The Hall–Kier alpha value is -5.94. The van der Waals surface area contributed by atoms with Crippen LogP contribution in [0.4, 0.5) is 0 Å². The van der Waals surface area contributed by atoms with Crippen LogP contribution in [0.5, 0.6) is 0 Å². The third-order valence-electron chi connectivity index (χ3n) is 8.61. The van der Waals surface area contributed by atoms with Crippen LogP contribution in [-0.4, -0.2) is 19.8 Å². The van der Waals surface area contributed by atoms with Crippen molar-refractivity contribution in [1.29, 1.82) is 0 Å². The van der Waals surface area contributed by atoms with Gasteiger partial charge in [-0.25, -0.2) is 9.98 Å². The molecular formula is C39H27N5. The highest BCUT2D eigenvalue weighted by Crippen LogP contribution is 2.42. The van der Waals surface area contributed by atoms with Gasteiger partial charge in [0.05, 0.1) is 27.8 Å². The maximum atomic E-state index is 5.40. The number of rotatable bonds is 4. The summed E-state index contributed by atoms with van der Waals surface area (Å²) >= 11 is 0. The minimum atomic E-state index is -0.395. The summed E-state index contributed by atoms with van der Waals surface area (Å²) < 4.78 is 4.69. The first-order valence-electron chi connectivity index (χ1n) is 14.9. The van der Waals surface area contributed by atoms with Crippen LogP contribution in [0.3, 0.4) is 0 Å². The molecule has 1 aliphatic rings. The fourth-order valence-corrected chi connectivity index (χ4v) is 6.70. The standard InChI is InChI=1S/C39H27N5/c1-3-13-26(14-4-1)32-25-33(27-15-5-2-6-16-27)42-39(41-32)44-35-20-10-8-18-29(35)31-23-22-30-28-17-7-9-19-34(28)43(37(30)38(31)44)36-21-11-12-24-40-36/h1-25,39,41H. The van der Waals surface area contributed by atoms with Gasteiger partial charge in [0, 0.05) is 33.4 Å². The van der Waals surface area contributed by atoms with E-state index in [1.165, 1.54) is 21.5 Å². The second-order valence-corrected chi connectivity index (χ2v) is 11.1. The molecule has 44 heavy (non-hydrogen) atoms. The summed E-state index contributed by atoms with van der Waals surface area (Å²) in [4.78, 5) is 10.2. The summed E-state index contributed by atoms with van der Waals surface area (Å²) in [7, 11) is 0. The molecule has 0 amide bonds. The molecule has 0 saturated carbocycles. The van der Waals surface area contributed by atoms with Gasteiger partial charge >= 0.3 is 0 Å². The van der Waals surface area contributed by atoms with Gasteiger partial charge in [-0.05, 0) is 41.5 Å². The summed E-state index contributed by atoms with van der Waals surface area (Å²) in [6, 6.07) is 48.8. The number of pyridine rings is 1. The smallest absolute Gasteiger partial charge is 0.201 e. The van der Waals surface area contributed by atoms with Gasteiger partial charge in [-0.3, -0.25) is 9.13 Å². The van der Waals surface area contributed by atoms with Crippen LogP contribution in [0.2, 0.25) is 0 Å². The van der Waals surface area contributed by atoms with Crippen molar-refractivity contribution in [1.82, 2.24) is 19.4 Å². The Bertz CT molecular complexity index is 2400. The number of hydrogen-bond acceptors (Lipinski definition) is 3. The highest BCUT2D eigenvalue weighted by molar-refractivity contribution is 6.23. The molecule has 5 nitrogen and oxygen atoms in total. The predicted molar refractivity (Wildman–Crippen MR) is 181 cm³/mol. The molecule has 0 bridgehead atoms. The summed E-state index contributed by atoms with van der Waals surface area (Å²) in [6.45, 7) is 0. The number of fused-ring (bicyclic) bond motifs is 7. The zero-order valence-electron chi connectivity index (χ0n) is 23.8. The van der Waals surface area contributed by atoms with Crippen LogP contribution < -0.4 is 5.32 Å². The molecule has 3 aromatic heterocycles. The normalized spacial score (nSPS) is 15.0. The second-order valence-electron chi connectivity index (χ2n) is 11.1. The molecule has 0 aliphatic carbocycles. The van der Waals surface area contributed by atoms with E-state index in [-0.39, 0.29) is 0 Å². The van der Waals surface area contributed by atoms with Crippen molar-refractivity contribution in [3.05, 3.63) is 163 Å². The zero-order valence-corrected chi connectivity index (χ0v) is 23.8. The minimum absolute atomic E-state index is 0.395. The van der Waals surface area contributed by atoms with Crippen LogP contribution in [0.25, 0.3) is 55.1 Å². The number of allylic oxidation sites excluding steroid dienone is 1. The first kappa shape index (κ1) is 24.6. The fourth-order valence-electron chi connectivity index (χ4n) is 6.70. The summed E-state index contributed by atoms with van der Waals surface area (Å²) in [5, 5.41) is 8.58. The van der Waals surface area contributed by atoms with E-state index < -0.39 is 6.29 Å². The topological polar surface area (TPSA) is 47.1 Å². The molecule has 0 radical (unpaired) electrons. The SMILES string of the molecule is C1=C(c2ccccc2)NC(n2c3ccccc3c3ccc4c5ccccc5n(-c5ccccn5)c4c32)N=C1c1ccccc1. The number of para-hydroxylation sites is 2. The van der Waals surface area contributed by atoms with Gasteiger partial charge in [0.1, 0.15) is 5.82 Å². The number of benzene rings is 5. The number of hydrogen-bond donors (Lipinski definition) is 1. The molecule has 1 atom stereocenters. The molecule has 0 spiro atoms. The van der Waals surface area contributed by atoms with Crippen LogP contribution in [0.15, 0.2) is 157 Å². The lowest BCUT2D eigenvalue weighted by Gasteiger charge is -2.27. The first-order valence-corrected chi connectivity index (χ1v) is 14.9. The molecule has 5 aromatic carbocycles. The Morgan fingerprint density at radius 1 is 0.523 bits per heavy atom. The van der Waals surface area contributed by atoms with Crippen LogP contribution >= 0.6 is 0 Å². The van der Waals surface area contributed by atoms with E-state index in [0.717, 1.165) is 50.4 Å². The van der Waals surface area contributed by atoms with Gasteiger partial charge < -0.3 is 5.32 Å². The van der Waals surface area contributed by atoms with E-state index in [4.69, 9.17) is 9.98 Å². The molecule has 9 rings (SSSR count). The Balaban J connectivity index is 1.41. The Labute approximate surface area is 254 Å². The van der Waals surface area contributed by atoms with E-state index in [2.05, 4.69) is 148 Å². The molecule has 5 heteroatoms. The van der Waals surface area contributed by atoms with E-state index in [0.29, 0.717) is 0 Å². The zero-order chi connectivity index (χ0) is 29.0. The van der Waals surface area contributed by atoms with Gasteiger partial charge in [0.15, 0.2) is 0 Å². The van der Waals surface area contributed by atoms with E-state index in [9.17, 15) is 0 Å². The van der Waals surface area contributed by atoms with Crippen molar-refractivity contribution < 1.29 is 0 Å². The number of aromatic nitrogens is 3. The molecule has 0 saturated heterocycles. The quantitative estimate of drug-likeness (QED) is 0.232. The first-order chi connectivity index (χ1) is 21.8. The van der Waals surface area contributed by atoms with Crippen LogP contribution in [-0.2, 0) is 0 Å². The second kappa shape index (κ2) is 9.82. The Morgan fingerprint density at radius 3 is 1.86 bits per heavy atom.